The van der Waals surface area contributed by atoms with Gasteiger partial charge in [0, 0.05) is 29.9 Å². The number of rotatable bonds is 5. The fraction of sp³-hybridized carbons (Fsp3) is 0.174. The number of para-hydroxylation sites is 1. The van der Waals surface area contributed by atoms with Crippen molar-refractivity contribution in [3.8, 4) is 16.9 Å². The van der Waals surface area contributed by atoms with Crippen LogP contribution in [0.1, 0.15) is 5.56 Å². The zero-order valence-electron chi connectivity index (χ0n) is 16.6. The van der Waals surface area contributed by atoms with E-state index in [1.54, 1.807) is 22.9 Å². The SMILES string of the molecule is NC(=O)C1CN(C(=O)C=Cc2cn(-c3ccccc3)nc2-c2ccc(F)cc2)CCO1. The summed E-state index contributed by atoms with van der Waals surface area (Å²) in [6.45, 7) is 0.744. The van der Waals surface area contributed by atoms with Gasteiger partial charge in [-0.2, -0.15) is 5.10 Å². The van der Waals surface area contributed by atoms with E-state index >= 15 is 0 Å². The van der Waals surface area contributed by atoms with Crippen molar-refractivity contribution < 1.29 is 18.7 Å². The first-order valence-corrected chi connectivity index (χ1v) is 9.80. The quantitative estimate of drug-likeness (QED) is 0.642. The van der Waals surface area contributed by atoms with Gasteiger partial charge < -0.3 is 15.4 Å². The van der Waals surface area contributed by atoms with Crippen molar-refractivity contribution in [3.63, 3.8) is 0 Å². The molecule has 1 aliphatic rings. The summed E-state index contributed by atoms with van der Waals surface area (Å²) >= 11 is 0. The van der Waals surface area contributed by atoms with Crippen molar-refractivity contribution in [2.45, 2.75) is 6.10 Å². The minimum absolute atomic E-state index is 0.118. The highest BCUT2D eigenvalue weighted by molar-refractivity contribution is 5.93. The van der Waals surface area contributed by atoms with Gasteiger partial charge in [-0.1, -0.05) is 18.2 Å². The van der Waals surface area contributed by atoms with Crippen LogP contribution in [0.2, 0.25) is 0 Å². The van der Waals surface area contributed by atoms with Gasteiger partial charge in [-0.25, -0.2) is 9.07 Å². The van der Waals surface area contributed by atoms with Crippen molar-refractivity contribution in [2.24, 2.45) is 5.73 Å². The maximum atomic E-state index is 13.4. The van der Waals surface area contributed by atoms with Gasteiger partial charge in [0.15, 0.2) is 6.10 Å². The first kappa shape index (κ1) is 20.5. The maximum Gasteiger partial charge on any atom is 0.248 e. The number of hydrogen-bond donors (Lipinski definition) is 1. The van der Waals surface area contributed by atoms with Crippen molar-refractivity contribution >= 4 is 17.9 Å². The lowest BCUT2D eigenvalue weighted by Crippen LogP contribution is -2.50. The van der Waals surface area contributed by atoms with Gasteiger partial charge >= 0.3 is 0 Å². The van der Waals surface area contributed by atoms with Gasteiger partial charge in [0.25, 0.3) is 0 Å². The van der Waals surface area contributed by atoms with E-state index in [9.17, 15) is 14.0 Å². The number of ether oxygens (including phenoxy) is 1. The van der Waals surface area contributed by atoms with E-state index in [1.165, 1.54) is 23.1 Å². The first-order chi connectivity index (χ1) is 15.0. The molecular formula is C23H21FN4O3. The number of amides is 2. The largest absolute Gasteiger partial charge is 0.367 e. The predicted octanol–water partition coefficient (Wildman–Crippen LogP) is 2.40. The second-order valence-corrected chi connectivity index (χ2v) is 7.10. The van der Waals surface area contributed by atoms with Crippen LogP contribution in [-0.4, -0.2) is 52.3 Å². The fourth-order valence-corrected chi connectivity index (χ4v) is 3.34. The molecular weight excluding hydrogens is 399 g/mol. The maximum absolute atomic E-state index is 13.4. The molecule has 4 rings (SSSR count). The molecule has 0 saturated carbocycles. The first-order valence-electron chi connectivity index (χ1n) is 9.80. The zero-order valence-corrected chi connectivity index (χ0v) is 16.6. The van der Waals surface area contributed by atoms with E-state index in [1.807, 2.05) is 36.5 Å². The molecule has 1 aromatic heterocycles. The average Bonchev–Trinajstić information content (AvgIpc) is 3.23. The molecule has 2 N–H and O–H groups in total. The number of aromatic nitrogens is 2. The summed E-state index contributed by atoms with van der Waals surface area (Å²) in [5, 5.41) is 4.64. The molecule has 0 aliphatic carbocycles. The van der Waals surface area contributed by atoms with Crippen LogP contribution < -0.4 is 5.73 Å². The van der Waals surface area contributed by atoms with Crippen LogP contribution in [-0.2, 0) is 14.3 Å². The molecule has 2 heterocycles. The lowest BCUT2D eigenvalue weighted by Gasteiger charge is -2.30. The van der Waals surface area contributed by atoms with Crippen LogP contribution in [0.25, 0.3) is 23.0 Å². The number of primary amides is 1. The van der Waals surface area contributed by atoms with Crippen molar-refractivity contribution in [1.82, 2.24) is 14.7 Å². The average molecular weight is 420 g/mol. The molecule has 158 valence electrons. The van der Waals surface area contributed by atoms with Gasteiger partial charge in [0.1, 0.15) is 5.82 Å². The second-order valence-electron chi connectivity index (χ2n) is 7.10. The molecule has 31 heavy (non-hydrogen) atoms. The summed E-state index contributed by atoms with van der Waals surface area (Å²) in [6.07, 6.45) is 4.11. The Labute approximate surface area is 178 Å². The Bertz CT molecular complexity index is 1110. The van der Waals surface area contributed by atoms with E-state index < -0.39 is 12.0 Å². The minimum atomic E-state index is -0.804. The highest BCUT2D eigenvalue weighted by Gasteiger charge is 2.26. The Morgan fingerprint density at radius 3 is 2.58 bits per heavy atom. The third-order valence-corrected chi connectivity index (χ3v) is 4.98. The van der Waals surface area contributed by atoms with E-state index in [4.69, 9.17) is 10.5 Å². The molecule has 1 fully saturated rings. The summed E-state index contributed by atoms with van der Waals surface area (Å²) in [5.41, 5.74) is 8.18. The van der Waals surface area contributed by atoms with E-state index in [-0.39, 0.29) is 24.9 Å². The Morgan fingerprint density at radius 1 is 1.13 bits per heavy atom. The number of nitrogens with two attached hydrogens (primary N) is 1. The van der Waals surface area contributed by atoms with Gasteiger partial charge in [-0.15, -0.1) is 0 Å². The number of carbonyl (C=O) groups is 2. The third kappa shape index (κ3) is 4.70. The Hall–Kier alpha value is -3.78. The van der Waals surface area contributed by atoms with Crippen LogP contribution in [0.4, 0.5) is 4.39 Å². The highest BCUT2D eigenvalue weighted by Crippen LogP contribution is 2.25. The smallest absolute Gasteiger partial charge is 0.248 e. The summed E-state index contributed by atoms with van der Waals surface area (Å²) in [6, 6.07) is 15.6. The molecule has 1 atom stereocenters. The number of nitrogens with zero attached hydrogens (tertiary/aromatic N) is 3. The lowest BCUT2D eigenvalue weighted by atomic mass is 10.1. The monoisotopic (exact) mass is 420 g/mol. The summed E-state index contributed by atoms with van der Waals surface area (Å²) < 4.78 is 20.4. The van der Waals surface area contributed by atoms with Gasteiger partial charge in [0.05, 0.1) is 24.5 Å². The van der Waals surface area contributed by atoms with Gasteiger partial charge in [-0.3, -0.25) is 9.59 Å². The molecule has 2 amide bonds. The molecule has 1 saturated heterocycles. The molecule has 8 heteroatoms. The van der Waals surface area contributed by atoms with E-state index in [2.05, 4.69) is 5.10 Å². The van der Waals surface area contributed by atoms with E-state index in [0.29, 0.717) is 17.8 Å². The van der Waals surface area contributed by atoms with Crippen molar-refractivity contribution in [1.29, 1.82) is 0 Å². The summed E-state index contributed by atoms with van der Waals surface area (Å²) in [7, 11) is 0. The van der Waals surface area contributed by atoms with Crippen LogP contribution in [0.15, 0.2) is 66.9 Å². The lowest BCUT2D eigenvalue weighted by molar-refractivity contribution is -0.142. The van der Waals surface area contributed by atoms with Crippen molar-refractivity contribution in [2.75, 3.05) is 19.7 Å². The van der Waals surface area contributed by atoms with Crippen LogP contribution >= 0.6 is 0 Å². The highest BCUT2D eigenvalue weighted by atomic mass is 19.1. The third-order valence-electron chi connectivity index (χ3n) is 4.98. The predicted molar refractivity (Wildman–Crippen MR) is 114 cm³/mol. The standard InChI is InChI=1S/C23H21FN4O3/c24-18-9-6-16(7-10-18)22-17(14-28(26-22)19-4-2-1-3-5-19)8-11-21(29)27-12-13-31-20(15-27)23(25)30/h1-11,14,20H,12-13,15H2,(H2,25,30). The van der Waals surface area contributed by atoms with Crippen molar-refractivity contribution in [3.05, 3.63) is 78.3 Å². The van der Waals surface area contributed by atoms with Gasteiger partial charge in [-0.05, 0) is 42.5 Å². The number of hydrogen-bond acceptors (Lipinski definition) is 4. The van der Waals surface area contributed by atoms with Crippen LogP contribution in [0, 0.1) is 5.82 Å². The molecule has 0 bridgehead atoms. The molecule has 3 aromatic rings. The topological polar surface area (TPSA) is 90.5 Å². The molecule has 1 unspecified atom stereocenters. The Balaban J connectivity index is 1.63. The molecule has 0 radical (unpaired) electrons. The van der Waals surface area contributed by atoms with Gasteiger partial charge in [0.2, 0.25) is 11.8 Å². The zero-order chi connectivity index (χ0) is 21.8. The summed E-state index contributed by atoms with van der Waals surface area (Å²) in [4.78, 5) is 25.6. The Morgan fingerprint density at radius 2 is 1.87 bits per heavy atom. The van der Waals surface area contributed by atoms with Crippen LogP contribution in [0.3, 0.4) is 0 Å². The molecule has 1 aliphatic heterocycles. The number of benzene rings is 2. The molecule has 2 aromatic carbocycles. The number of carbonyl (C=O) groups excluding carboxylic acids is 2. The molecule has 0 spiro atoms. The van der Waals surface area contributed by atoms with Crippen LogP contribution in [0.5, 0.6) is 0 Å². The summed E-state index contributed by atoms with van der Waals surface area (Å²) in [5.74, 6) is -1.19. The minimum Gasteiger partial charge on any atom is -0.367 e. The second kappa shape index (κ2) is 8.93. The normalized spacial score (nSPS) is 16.5. The van der Waals surface area contributed by atoms with E-state index in [0.717, 1.165) is 11.3 Å². The number of halogens is 1. The molecule has 7 nitrogen and oxygen atoms in total. The fourth-order valence-electron chi connectivity index (χ4n) is 3.34. The number of morpholine rings is 1. The Kier molecular flexibility index (Phi) is 5.90.